The Kier molecular flexibility index (Phi) is 7.99. The van der Waals surface area contributed by atoms with Crippen molar-refractivity contribution < 1.29 is 14.3 Å². The number of ether oxygens (including phenoxy) is 1. The molecule has 1 unspecified atom stereocenters. The van der Waals surface area contributed by atoms with Gasteiger partial charge in [0.25, 0.3) is 0 Å². The van der Waals surface area contributed by atoms with Crippen LogP contribution in [-0.4, -0.2) is 108 Å². The number of hydrogen-bond donors (Lipinski definition) is 0. The van der Waals surface area contributed by atoms with E-state index in [0.717, 1.165) is 78.4 Å². The Labute approximate surface area is 310 Å². The molecule has 3 aromatic heterocycles. The van der Waals surface area contributed by atoms with Gasteiger partial charge in [0.1, 0.15) is 11.2 Å². The number of nitrogens with zero attached hydrogens (tertiary/aromatic N) is 9. The van der Waals surface area contributed by atoms with E-state index in [1.54, 1.807) is 31.1 Å². The monoisotopic (exact) mass is 737 g/mol. The maximum absolute atomic E-state index is 12.0. The Morgan fingerprint density at radius 3 is 2.15 bits per heavy atom. The molecular formula is C38H37Cl2N9O3. The molecule has 4 aliphatic heterocycles. The lowest BCUT2D eigenvalue weighted by Crippen LogP contribution is -2.72. The van der Waals surface area contributed by atoms with Crippen LogP contribution in [0.25, 0.3) is 44.8 Å². The molecule has 14 heteroatoms. The molecule has 12 nitrogen and oxygen atoms in total. The van der Waals surface area contributed by atoms with Gasteiger partial charge in [0.2, 0.25) is 17.7 Å². The quantitative estimate of drug-likeness (QED) is 0.243. The zero-order valence-electron chi connectivity index (χ0n) is 29.1. The zero-order valence-corrected chi connectivity index (χ0v) is 30.7. The van der Waals surface area contributed by atoms with Gasteiger partial charge >= 0.3 is 0 Å². The molecule has 1 spiro atoms. The van der Waals surface area contributed by atoms with Crippen LogP contribution >= 0.6 is 23.2 Å². The van der Waals surface area contributed by atoms with Crippen molar-refractivity contribution in [1.82, 2.24) is 44.1 Å². The highest BCUT2D eigenvalue weighted by atomic mass is 35.5. The highest BCUT2D eigenvalue weighted by Gasteiger charge is 2.52. The molecule has 0 N–H and O–H groups in total. The molecule has 0 saturated carbocycles. The van der Waals surface area contributed by atoms with Crippen molar-refractivity contribution in [2.24, 2.45) is 12.5 Å². The number of hydrogen-bond acceptors (Lipinski definition) is 9. The van der Waals surface area contributed by atoms with Gasteiger partial charge in [0.05, 0.1) is 40.4 Å². The molecule has 52 heavy (non-hydrogen) atoms. The molecular weight excluding hydrogens is 701 g/mol. The van der Waals surface area contributed by atoms with Crippen LogP contribution in [0.4, 0.5) is 0 Å². The van der Waals surface area contributed by atoms with Crippen molar-refractivity contribution in [1.29, 1.82) is 0 Å². The van der Waals surface area contributed by atoms with Crippen LogP contribution in [0.15, 0.2) is 55.0 Å². The third kappa shape index (κ3) is 5.60. The topological polar surface area (TPSA) is 113 Å². The van der Waals surface area contributed by atoms with Gasteiger partial charge in [-0.05, 0) is 0 Å². The van der Waals surface area contributed by atoms with Crippen LogP contribution in [0.5, 0.6) is 5.88 Å². The number of halogens is 2. The van der Waals surface area contributed by atoms with Gasteiger partial charge in [0, 0.05) is 113 Å². The first kappa shape index (κ1) is 33.2. The molecule has 4 aliphatic rings. The number of aryl methyl sites for hydroxylation is 1. The first-order chi connectivity index (χ1) is 25.1. The van der Waals surface area contributed by atoms with Crippen LogP contribution in [0.2, 0.25) is 10.0 Å². The molecule has 266 valence electrons. The molecule has 5 aromatic rings. The van der Waals surface area contributed by atoms with E-state index in [2.05, 4.69) is 16.0 Å². The Morgan fingerprint density at radius 1 is 0.846 bits per heavy atom. The van der Waals surface area contributed by atoms with Crippen LogP contribution < -0.4 is 4.74 Å². The van der Waals surface area contributed by atoms with Gasteiger partial charge in [-0.15, -0.1) is 0 Å². The maximum Gasteiger partial charge on any atom is 0.239 e. The van der Waals surface area contributed by atoms with Crippen LogP contribution in [0.3, 0.4) is 0 Å². The number of amides is 2. The summed E-state index contributed by atoms with van der Waals surface area (Å²) in [5.41, 5.74) is 8.01. The Hall–Kier alpha value is -4.62. The summed E-state index contributed by atoms with van der Waals surface area (Å²) in [5.74, 6) is 0.645. The highest BCUT2D eigenvalue weighted by molar-refractivity contribution is 6.39. The first-order valence-electron chi connectivity index (χ1n) is 17.4. The molecule has 2 amide bonds. The number of rotatable bonds is 5. The molecule has 3 saturated heterocycles. The second-order valence-corrected chi connectivity index (χ2v) is 15.3. The minimum atomic E-state index is -0.274. The Bertz CT molecular complexity index is 2280. The van der Waals surface area contributed by atoms with E-state index in [1.807, 2.05) is 52.9 Å². The van der Waals surface area contributed by atoms with E-state index in [1.165, 1.54) is 0 Å². The fraction of sp³-hybridized carbons (Fsp3) is 0.368. The van der Waals surface area contributed by atoms with Crippen LogP contribution in [0.1, 0.15) is 25.1 Å². The summed E-state index contributed by atoms with van der Waals surface area (Å²) >= 11 is 14.3. The zero-order chi connectivity index (χ0) is 35.9. The van der Waals surface area contributed by atoms with Crippen LogP contribution in [-0.2, 0) is 29.7 Å². The minimum absolute atomic E-state index is 0.0339. The smallest absolute Gasteiger partial charge is 0.239 e. The summed E-state index contributed by atoms with van der Waals surface area (Å²) < 4.78 is 8.29. The SMILES string of the molecule is CC(=O)N1CCN2Cc3ncc(-c4cccc(-c5cccc(-c6cnc7c(CN8CC9(C8)CN(C(C)=O)C9)cn(C)c7n6)c5Cl)c4Cl)nc3OC2C1. The minimum Gasteiger partial charge on any atom is -0.455 e. The van der Waals surface area contributed by atoms with E-state index < -0.39 is 0 Å². The Balaban J connectivity index is 0.966. The normalized spacial score (nSPS) is 19.5. The number of aromatic nitrogens is 5. The van der Waals surface area contributed by atoms with Gasteiger partial charge in [-0.2, -0.15) is 0 Å². The lowest BCUT2D eigenvalue weighted by molar-refractivity contribution is -0.157. The largest absolute Gasteiger partial charge is 0.455 e. The second kappa shape index (κ2) is 12.5. The number of likely N-dealkylation sites (tertiary alicyclic amines) is 2. The molecule has 1 atom stereocenters. The molecule has 2 aromatic carbocycles. The van der Waals surface area contributed by atoms with Gasteiger partial charge < -0.3 is 19.1 Å². The predicted octanol–water partition coefficient (Wildman–Crippen LogP) is 5.11. The summed E-state index contributed by atoms with van der Waals surface area (Å²) in [6.45, 7) is 10.2. The average molecular weight is 739 g/mol. The summed E-state index contributed by atoms with van der Waals surface area (Å²) in [7, 11) is 1.99. The van der Waals surface area contributed by atoms with Crippen LogP contribution in [0, 0.1) is 5.41 Å². The first-order valence-corrected chi connectivity index (χ1v) is 18.2. The third-order valence-corrected chi connectivity index (χ3v) is 11.7. The van der Waals surface area contributed by atoms with Gasteiger partial charge in [0.15, 0.2) is 11.9 Å². The Morgan fingerprint density at radius 2 is 1.48 bits per heavy atom. The number of piperazine rings is 1. The molecule has 0 aliphatic carbocycles. The number of fused-ring (bicyclic) bond motifs is 3. The van der Waals surface area contributed by atoms with E-state index in [0.29, 0.717) is 52.5 Å². The van der Waals surface area contributed by atoms with Gasteiger partial charge in [-0.1, -0.05) is 59.6 Å². The van der Waals surface area contributed by atoms with E-state index in [4.69, 9.17) is 47.9 Å². The predicted molar refractivity (Wildman–Crippen MR) is 197 cm³/mol. The van der Waals surface area contributed by atoms with Gasteiger partial charge in [-0.3, -0.25) is 29.4 Å². The standard InChI is InChI=1S/C38H37Cl2N9O3/c1-22(50)47-10-11-48-16-31-37(52-32(48)17-47)44-30(12-41-31)28-9-5-7-26(34(28)40)25-6-4-8-27(33(25)39)29-13-42-35-24(14-45(3)36(35)43-29)15-46-18-38(19-46)20-49(21-38)23(2)51/h4-9,12-14,32H,10-11,15-21H2,1-3H3. The third-order valence-electron chi connectivity index (χ3n) is 10.9. The van der Waals surface area contributed by atoms with E-state index >= 15 is 0 Å². The second-order valence-electron chi connectivity index (χ2n) is 14.6. The molecule has 9 rings (SSSR count). The number of carbonyl (C=O) groups is 2. The number of carbonyl (C=O) groups excluding carboxylic acids is 2. The fourth-order valence-electron chi connectivity index (χ4n) is 8.19. The lowest BCUT2D eigenvalue weighted by atomic mass is 9.72. The fourth-order valence-corrected chi connectivity index (χ4v) is 8.84. The highest BCUT2D eigenvalue weighted by Crippen LogP contribution is 2.43. The summed E-state index contributed by atoms with van der Waals surface area (Å²) in [6, 6.07) is 11.6. The summed E-state index contributed by atoms with van der Waals surface area (Å²) in [5, 5.41) is 1.01. The summed E-state index contributed by atoms with van der Waals surface area (Å²) in [6.07, 6.45) is 5.34. The molecule has 7 heterocycles. The lowest BCUT2D eigenvalue weighted by Gasteiger charge is -2.60. The maximum atomic E-state index is 12.0. The summed E-state index contributed by atoms with van der Waals surface area (Å²) in [4.78, 5) is 51.4. The van der Waals surface area contributed by atoms with Crippen molar-refractivity contribution in [3.8, 4) is 39.5 Å². The van der Waals surface area contributed by atoms with E-state index in [9.17, 15) is 9.59 Å². The molecule has 0 bridgehead atoms. The van der Waals surface area contributed by atoms with Crippen molar-refractivity contribution in [2.45, 2.75) is 33.2 Å². The van der Waals surface area contributed by atoms with Gasteiger partial charge in [-0.25, -0.2) is 9.97 Å². The molecule has 0 radical (unpaired) electrons. The van der Waals surface area contributed by atoms with Crippen molar-refractivity contribution >= 4 is 46.2 Å². The van der Waals surface area contributed by atoms with E-state index in [-0.39, 0.29) is 23.5 Å². The number of benzene rings is 2. The van der Waals surface area contributed by atoms with Crippen molar-refractivity contribution in [2.75, 3.05) is 45.8 Å². The van der Waals surface area contributed by atoms with Crippen molar-refractivity contribution in [3.05, 3.63) is 76.3 Å². The average Bonchev–Trinajstić information content (AvgIpc) is 3.41. The molecule has 3 fully saturated rings. The van der Waals surface area contributed by atoms with Crippen molar-refractivity contribution in [3.63, 3.8) is 0 Å².